The van der Waals surface area contributed by atoms with E-state index in [-0.39, 0.29) is 5.75 Å². The average Bonchev–Trinajstić information content (AvgIpc) is 3.10. The lowest BCUT2D eigenvalue weighted by molar-refractivity contribution is 0.322. The number of rotatable bonds is 6. The Bertz CT molecular complexity index is 653. The first-order valence-electron chi connectivity index (χ1n) is 8.70. The van der Waals surface area contributed by atoms with Crippen molar-refractivity contribution in [3.63, 3.8) is 0 Å². The predicted molar refractivity (Wildman–Crippen MR) is 91.2 cm³/mol. The quantitative estimate of drug-likeness (QED) is 0.846. The van der Waals surface area contributed by atoms with Gasteiger partial charge in [0.1, 0.15) is 5.82 Å². The molecular formula is C16H28N4O2S. The summed E-state index contributed by atoms with van der Waals surface area (Å²) in [6.07, 6.45) is 6.66. The molecule has 1 aromatic rings. The Morgan fingerprint density at radius 2 is 2.09 bits per heavy atom. The Hall–Kier alpha value is -0.920. The second-order valence-electron chi connectivity index (χ2n) is 6.75. The summed E-state index contributed by atoms with van der Waals surface area (Å²) in [4.78, 5) is 7.18. The summed E-state index contributed by atoms with van der Waals surface area (Å²) in [6.45, 7) is 5.05. The normalized spacial score (nSPS) is 22.4. The van der Waals surface area contributed by atoms with Crippen LogP contribution in [-0.4, -0.2) is 55.3 Å². The Morgan fingerprint density at radius 1 is 1.30 bits per heavy atom. The van der Waals surface area contributed by atoms with Gasteiger partial charge in [0.05, 0.1) is 11.4 Å². The number of nitrogens with zero attached hydrogens (tertiary/aromatic N) is 3. The number of fused-ring (bicyclic) bond motifs is 1. The van der Waals surface area contributed by atoms with Crippen LogP contribution in [0.3, 0.4) is 0 Å². The second kappa shape index (κ2) is 6.91. The smallest absolute Gasteiger partial charge is 0.211 e. The van der Waals surface area contributed by atoms with E-state index in [1.165, 1.54) is 31.3 Å². The Labute approximate surface area is 139 Å². The zero-order chi connectivity index (χ0) is 16.4. The number of hydrogen-bond acceptors (Lipinski definition) is 4. The van der Waals surface area contributed by atoms with Crippen molar-refractivity contribution in [1.29, 1.82) is 0 Å². The van der Waals surface area contributed by atoms with Crippen molar-refractivity contribution >= 4 is 10.0 Å². The minimum absolute atomic E-state index is 0.212. The molecule has 2 aliphatic rings. The lowest BCUT2D eigenvalue weighted by Crippen LogP contribution is -2.28. The molecule has 0 bridgehead atoms. The van der Waals surface area contributed by atoms with E-state index >= 15 is 0 Å². The van der Waals surface area contributed by atoms with Crippen molar-refractivity contribution < 1.29 is 8.42 Å². The number of sulfonamides is 1. The highest BCUT2D eigenvalue weighted by Gasteiger charge is 2.28. The Morgan fingerprint density at radius 3 is 2.87 bits per heavy atom. The van der Waals surface area contributed by atoms with Gasteiger partial charge in [0.2, 0.25) is 10.0 Å². The van der Waals surface area contributed by atoms with E-state index in [4.69, 9.17) is 4.98 Å². The largest absolute Gasteiger partial charge is 0.328 e. The molecule has 1 atom stereocenters. The highest BCUT2D eigenvalue weighted by atomic mass is 32.2. The van der Waals surface area contributed by atoms with Crippen molar-refractivity contribution in [2.75, 3.05) is 32.4 Å². The van der Waals surface area contributed by atoms with Gasteiger partial charge in [-0.3, -0.25) is 0 Å². The third-order valence-corrected chi connectivity index (χ3v) is 6.61. The molecule has 130 valence electrons. The van der Waals surface area contributed by atoms with Gasteiger partial charge in [0, 0.05) is 24.8 Å². The molecule has 6 nitrogen and oxygen atoms in total. The van der Waals surface area contributed by atoms with Crippen LogP contribution in [0.15, 0.2) is 0 Å². The van der Waals surface area contributed by atoms with Crippen LogP contribution in [0, 0.1) is 6.92 Å². The Balaban J connectivity index is 1.59. The first-order chi connectivity index (χ1) is 11.0. The van der Waals surface area contributed by atoms with Gasteiger partial charge in [-0.15, -0.1) is 0 Å². The zero-order valence-electron chi connectivity index (χ0n) is 14.2. The molecule has 7 heteroatoms. The second-order valence-corrected chi connectivity index (χ2v) is 8.80. The molecule has 0 amide bonds. The molecule has 0 unspecified atom stereocenters. The maximum atomic E-state index is 11.5. The molecule has 0 aromatic carbocycles. The molecule has 3 rings (SSSR count). The third-order valence-electron chi connectivity index (χ3n) is 5.16. The minimum Gasteiger partial charge on any atom is -0.328 e. The molecule has 1 aliphatic heterocycles. The standard InChI is InChI=1S/C16H28N4O2S/c1-13-18-15-6-3-4-7-16(15)20(13)14-8-10-19(12-14)9-5-11-23(21,22)17-2/h14,17H,3-12H2,1-2H3/t14-/m1/s1. The fraction of sp³-hybridized carbons (Fsp3) is 0.812. The van der Waals surface area contributed by atoms with Crippen molar-refractivity contribution in [3.05, 3.63) is 17.2 Å². The summed E-state index contributed by atoms with van der Waals surface area (Å²) >= 11 is 0. The van der Waals surface area contributed by atoms with Crippen LogP contribution in [-0.2, 0) is 22.9 Å². The number of hydrogen-bond donors (Lipinski definition) is 1. The lowest BCUT2D eigenvalue weighted by Gasteiger charge is -2.21. The molecule has 1 N–H and O–H groups in total. The summed E-state index contributed by atoms with van der Waals surface area (Å²) in [5, 5.41) is 0. The first-order valence-corrected chi connectivity index (χ1v) is 10.4. The Kier molecular flexibility index (Phi) is 5.08. The average molecular weight is 340 g/mol. The van der Waals surface area contributed by atoms with Crippen LogP contribution in [0.25, 0.3) is 0 Å². The number of likely N-dealkylation sites (tertiary alicyclic amines) is 1. The number of nitrogens with one attached hydrogen (secondary N) is 1. The van der Waals surface area contributed by atoms with Gasteiger partial charge in [0.25, 0.3) is 0 Å². The number of aromatic nitrogens is 2. The predicted octanol–water partition coefficient (Wildman–Crippen LogP) is 1.26. The molecule has 2 heterocycles. The monoisotopic (exact) mass is 340 g/mol. The molecule has 0 saturated carbocycles. The topological polar surface area (TPSA) is 67.2 Å². The maximum Gasteiger partial charge on any atom is 0.211 e. The number of aryl methyl sites for hydroxylation is 2. The summed E-state index contributed by atoms with van der Waals surface area (Å²) in [5.74, 6) is 1.37. The molecule has 23 heavy (non-hydrogen) atoms. The third kappa shape index (κ3) is 3.78. The van der Waals surface area contributed by atoms with E-state index in [0.717, 1.165) is 44.7 Å². The SMILES string of the molecule is CNS(=O)(=O)CCCN1CC[C@@H](n2c(C)nc3c2CCCC3)C1. The fourth-order valence-electron chi connectivity index (χ4n) is 3.99. The summed E-state index contributed by atoms with van der Waals surface area (Å²) < 4.78 is 27.8. The van der Waals surface area contributed by atoms with Gasteiger partial charge in [0.15, 0.2) is 0 Å². The summed E-state index contributed by atoms with van der Waals surface area (Å²) in [6, 6.07) is 0.505. The van der Waals surface area contributed by atoms with E-state index < -0.39 is 10.0 Å². The van der Waals surface area contributed by atoms with Gasteiger partial charge < -0.3 is 9.47 Å². The van der Waals surface area contributed by atoms with Gasteiger partial charge in [-0.2, -0.15) is 0 Å². The van der Waals surface area contributed by atoms with Gasteiger partial charge in [-0.25, -0.2) is 18.1 Å². The van der Waals surface area contributed by atoms with Gasteiger partial charge in [-0.1, -0.05) is 0 Å². The van der Waals surface area contributed by atoms with Gasteiger partial charge >= 0.3 is 0 Å². The van der Waals surface area contributed by atoms with E-state index in [1.807, 2.05) is 0 Å². The van der Waals surface area contributed by atoms with Crippen LogP contribution < -0.4 is 4.72 Å². The summed E-state index contributed by atoms with van der Waals surface area (Å²) in [7, 11) is -1.60. The highest BCUT2D eigenvalue weighted by Crippen LogP contribution is 2.30. The molecule has 1 saturated heterocycles. The van der Waals surface area contributed by atoms with E-state index in [1.54, 1.807) is 0 Å². The van der Waals surface area contributed by atoms with E-state index in [2.05, 4.69) is 21.1 Å². The highest BCUT2D eigenvalue weighted by molar-refractivity contribution is 7.89. The molecule has 1 aromatic heterocycles. The van der Waals surface area contributed by atoms with E-state index in [0.29, 0.717) is 12.5 Å². The fourth-order valence-corrected chi connectivity index (χ4v) is 4.70. The van der Waals surface area contributed by atoms with Crippen LogP contribution in [0.2, 0.25) is 0 Å². The van der Waals surface area contributed by atoms with Crippen molar-refractivity contribution in [1.82, 2.24) is 19.2 Å². The van der Waals surface area contributed by atoms with E-state index in [9.17, 15) is 8.42 Å². The molecule has 1 aliphatic carbocycles. The van der Waals surface area contributed by atoms with Crippen LogP contribution in [0.5, 0.6) is 0 Å². The molecule has 0 spiro atoms. The minimum atomic E-state index is -3.08. The molecule has 1 fully saturated rings. The molecule has 0 radical (unpaired) electrons. The van der Waals surface area contributed by atoms with Crippen molar-refractivity contribution in [2.45, 2.75) is 51.5 Å². The number of imidazole rings is 1. The zero-order valence-corrected chi connectivity index (χ0v) is 15.0. The van der Waals surface area contributed by atoms with Crippen molar-refractivity contribution in [3.8, 4) is 0 Å². The van der Waals surface area contributed by atoms with Crippen LogP contribution in [0.4, 0.5) is 0 Å². The van der Waals surface area contributed by atoms with Crippen LogP contribution in [0.1, 0.15) is 48.9 Å². The molecular weight excluding hydrogens is 312 g/mol. The maximum absolute atomic E-state index is 11.5. The van der Waals surface area contributed by atoms with Crippen LogP contribution >= 0.6 is 0 Å². The first kappa shape index (κ1) is 16.9. The summed E-state index contributed by atoms with van der Waals surface area (Å²) in [5.41, 5.74) is 2.77. The van der Waals surface area contributed by atoms with Crippen molar-refractivity contribution in [2.24, 2.45) is 0 Å². The lowest BCUT2D eigenvalue weighted by atomic mass is 10.0. The van der Waals surface area contributed by atoms with Gasteiger partial charge in [-0.05, 0) is 59.0 Å².